The van der Waals surface area contributed by atoms with Gasteiger partial charge in [-0.3, -0.25) is 0 Å². The zero-order valence-electron chi connectivity index (χ0n) is 9.35. The molecule has 2 fully saturated rings. The molecule has 0 aromatic rings. The highest BCUT2D eigenvalue weighted by atomic mass is 15.5. The smallest absolute Gasteiger partial charge is 0.151 e. The highest BCUT2D eigenvalue weighted by Gasteiger charge is 2.72. The largest absolute Gasteiger partial charge is 0.311 e. The average molecular weight is 170 g/mol. The van der Waals surface area contributed by atoms with Gasteiger partial charge in [0.25, 0.3) is 0 Å². The molecule has 1 saturated carbocycles. The first-order valence-electron chi connectivity index (χ1n) is 5.45. The summed E-state index contributed by atoms with van der Waals surface area (Å²) in [5.74, 6) is 0. The minimum atomic E-state index is 0.736. The van der Waals surface area contributed by atoms with Crippen LogP contribution in [0.15, 0.2) is 0 Å². The van der Waals surface area contributed by atoms with E-state index in [4.69, 9.17) is 0 Å². The molecular formula is C11H24N+. The van der Waals surface area contributed by atoms with E-state index in [1.54, 1.807) is 0 Å². The second-order valence-electron chi connectivity index (χ2n) is 4.53. The van der Waals surface area contributed by atoms with Gasteiger partial charge in [-0.25, -0.2) is 0 Å². The first-order valence-corrected chi connectivity index (χ1v) is 5.45. The van der Waals surface area contributed by atoms with Crippen LogP contribution in [0.2, 0.25) is 0 Å². The fourth-order valence-corrected chi connectivity index (χ4v) is 3.07. The first kappa shape index (κ1) is 10.0. The summed E-state index contributed by atoms with van der Waals surface area (Å²) in [4.78, 5) is 0. The maximum absolute atomic E-state index is 2.41. The Hall–Kier alpha value is -0.0400. The summed E-state index contributed by atoms with van der Waals surface area (Å²) in [6.45, 7) is 6.41. The second kappa shape index (κ2) is 3.02. The van der Waals surface area contributed by atoms with E-state index in [2.05, 4.69) is 21.0 Å². The Morgan fingerprint density at radius 1 is 1.08 bits per heavy atom. The maximum Gasteiger partial charge on any atom is 0.151 e. The molecule has 1 heterocycles. The number of rotatable bonds is 0. The predicted octanol–water partition coefficient (Wildman–Crippen LogP) is 2.80. The standard InChI is InChI=1S/C9H18N.C2H6/c1-8-9(10(8,2)3)6-4-5-7-9;1-2/h8H,4-7H2,1-3H3;1-2H3/q+1;. The van der Waals surface area contributed by atoms with E-state index in [-0.39, 0.29) is 0 Å². The number of hydrogen-bond donors (Lipinski definition) is 0. The van der Waals surface area contributed by atoms with Crippen LogP contribution in [-0.2, 0) is 0 Å². The van der Waals surface area contributed by atoms with E-state index in [1.165, 1.54) is 30.2 Å². The van der Waals surface area contributed by atoms with Crippen LogP contribution in [0.1, 0.15) is 46.5 Å². The van der Waals surface area contributed by atoms with Crippen LogP contribution in [0.3, 0.4) is 0 Å². The molecule has 72 valence electrons. The molecule has 1 saturated heterocycles. The molecule has 1 aliphatic carbocycles. The fourth-order valence-electron chi connectivity index (χ4n) is 3.07. The topological polar surface area (TPSA) is 0 Å². The Kier molecular flexibility index (Phi) is 2.53. The molecule has 0 radical (unpaired) electrons. The van der Waals surface area contributed by atoms with Gasteiger partial charge >= 0.3 is 0 Å². The van der Waals surface area contributed by atoms with Crippen molar-refractivity contribution in [3.05, 3.63) is 0 Å². The Morgan fingerprint density at radius 3 is 1.58 bits per heavy atom. The van der Waals surface area contributed by atoms with Crippen molar-refractivity contribution in [1.82, 2.24) is 0 Å². The molecule has 12 heavy (non-hydrogen) atoms. The molecule has 2 rings (SSSR count). The molecule has 0 aromatic carbocycles. The van der Waals surface area contributed by atoms with Crippen molar-refractivity contribution >= 4 is 0 Å². The summed E-state index contributed by atoms with van der Waals surface area (Å²) >= 11 is 0. The van der Waals surface area contributed by atoms with Crippen LogP contribution in [-0.4, -0.2) is 30.2 Å². The van der Waals surface area contributed by atoms with Crippen molar-refractivity contribution in [1.29, 1.82) is 0 Å². The van der Waals surface area contributed by atoms with Gasteiger partial charge in [0, 0.05) is 12.8 Å². The van der Waals surface area contributed by atoms with Crippen LogP contribution in [0.4, 0.5) is 0 Å². The monoisotopic (exact) mass is 170 g/mol. The highest BCUT2D eigenvalue weighted by Crippen LogP contribution is 2.56. The first-order chi connectivity index (χ1) is 5.61. The third-order valence-corrected chi connectivity index (χ3v) is 4.30. The highest BCUT2D eigenvalue weighted by molar-refractivity contribution is 5.03. The fraction of sp³-hybridized carbons (Fsp3) is 1.00. The Balaban J connectivity index is 0.000000336. The molecule has 0 N–H and O–H groups in total. The van der Waals surface area contributed by atoms with Crippen molar-refractivity contribution in [3.8, 4) is 0 Å². The van der Waals surface area contributed by atoms with Crippen LogP contribution in [0, 0.1) is 0 Å². The van der Waals surface area contributed by atoms with E-state index >= 15 is 0 Å². The van der Waals surface area contributed by atoms with Gasteiger partial charge in [0.15, 0.2) is 5.54 Å². The molecular weight excluding hydrogens is 146 g/mol. The molecule has 1 unspecified atom stereocenters. The lowest BCUT2D eigenvalue weighted by molar-refractivity contribution is -0.798. The lowest BCUT2D eigenvalue weighted by Crippen LogP contribution is -2.25. The minimum Gasteiger partial charge on any atom is -0.311 e. The Morgan fingerprint density at radius 2 is 1.42 bits per heavy atom. The summed E-state index contributed by atoms with van der Waals surface area (Å²) in [5, 5.41) is 0. The zero-order chi connectivity index (χ0) is 9.41. The molecule has 1 atom stereocenters. The SMILES string of the molecule is CC.CC1C2(CCCC2)[N+]1(C)C. The van der Waals surface area contributed by atoms with Gasteiger partial charge in [0.1, 0.15) is 6.04 Å². The molecule has 2 aliphatic rings. The Labute approximate surface area is 77.4 Å². The molecule has 0 aromatic heterocycles. The lowest BCUT2D eigenvalue weighted by Gasteiger charge is -2.11. The van der Waals surface area contributed by atoms with Gasteiger partial charge in [-0.1, -0.05) is 13.8 Å². The van der Waals surface area contributed by atoms with E-state index in [0.717, 1.165) is 11.6 Å². The molecule has 1 spiro atoms. The van der Waals surface area contributed by atoms with Crippen molar-refractivity contribution in [2.24, 2.45) is 0 Å². The van der Waals surface area contributed by atoms with Crippen molar-refractivity contribution in [2.75, 3.05) is 14.1 Å². The van der Waals surface area contributed by atoms with Crippen molar-refractivity contribution in [2.45, 2.75) is 58.0 Å². The summed E-state index contributed by atoms with van der Waals surface area (Å²) < 4.78 is 1.30. The van der Waals surface area contributed by atoms with Gasteiger partial charge in [0.05, 0.1) is 14.1 Å². The van der Waals surface area contributed by atoms with Crippen LogP contribution in [0.5, 0.6) is 0 Å². The van der Waals surface area contributed by atoms with Crippen molar-refractivity contribution < 1.29 is 4.48 Å². The summed E-state index contributed by atoms with van der Waals surface area (Å²) in [6.07, 6.45) is 5.93. The van der Waals surface area contributed by atoms with Crippen LogP contribution < -0.4 is 0 Å². The summed E-state index contributed by atoms with van der Waals surface area (Å²) in [6, 6.07) is 0.940. The zero-order valence-corrected chi connectivity index (χ0v) is 9.35. The van der Waals surface area contributed by atoms with Crippen LogP contribution >= 0.6 is 0 Å². The van der Waals surface area contributed by atoms with E-state index in [0.29, 0.717) is 0 Å². The number of quaternary nitrogens is 1. The van der Waals surface area contributed by atoms with Crippen molar-refractivity contribution in [3.63, 3.8) is 0 Å². The van der Waals surface area contributed by atoms with Gasteiger partial charge in [0.2, 0.25) is 0 Å². The normalized spacial score (nSPS) is 34.2. The number of hydrogen-bond acceptors (Lipinski definition) is 0. The maximum atomic E-state index is 2.41. The van der Waals surface area contributed by atoms with Crippen LogP contribution in [0.25, 0.3) is 0 Å². The predicted molar refractivity (Wildman–Crippen MR) is 54.1 cm³/mol. The van der Waals surface area contributed by atoms with E-state index in [9.17, 15) is 0 Å². The van der Waals surface area contributed by atoms with E-state index in [1.807, 2.05) is 13.8 Å². The average Bonchev–Trinajstić information content (AvgIpc) is 2.54. The lowest BCUT2D eigenvalue weighted by atomic mass is 10.0. The second-order valence-corrected chi connectivity index (χ2v) is 4.53. The van der Waals surface area contributed by atoms with E-state index < -0.39 is 0 Å². The molecule has 0 amide bonds. The summed E-state index contributed by atoms with van der Waals surface area (Å²) in [7, 11) is 4.77. The number of likely N-dealkylation sites (N-methyl/N-ethyl adjacent to an activating group) is 1. The van der Waals surface area contributed by atoms with Gasteiger partial charge < -0.3 is 4.48 Å². The molecule has 1 aliphatic heterocycles. The van der Waals surface area contributed by atoms with Gasteiger partial charge in [-0.05, 0) is 19.8 Å². The third kappa shape index (κ3) is 1.02. The molecule has 1 nitrogen and oxygen atoms in total. The summed E-state index contributed by atoms with van der Waals surface area (Å²) in [5.41, 5.74) is 0.736. The minimum absolute atomic E-state index is 0.736. The quantitative estimate of drug-likeness (QED) is 0.387. The third-order valence-electron chi connectivity index (χ3n) is 4.30. The molecule has 0 bridgehead atoms. The molecule has 1 heteroatoms. The Bertz CT molecular complexity index is 154. The number of nitrogens with zero attached hydrogens (tertiary/aromatic N) is 1. The van der Waals surface area contributed by atoms with Gasteiger partial charge in [-0.15, -0.1) is 0 Å². The van der Waals surface area contributed by atoms with Gasteiger partial charge in [-0.2, -0.15) is 0 Å².